The molecule has 2 aromatic rings. The van der Waals surface area contributed by atoms with E-state index in [9.17, 15) is 4.79 Å². The summed E-state index contributed by atoms with van der Waals surface area (Å²) in [5.74, 6) is 0.866. The number of carbonyl (C=O) groups is 1. The van der Waals surface area contributed by atoms with Gasteiger partial charge in [-0.2, -0.15) is 0 Å². The molecule has 1 aromatic carbocycles. The van der Waals surface area contributed by atoms with Crippen LogP contribution in [-0.2, 0) is 17.9 Å². The van der Waals surface area contributed by atoms with E-state index in [0.29, 0.717) is 11.6 Å². The minimum absolute atomic E-state index is 0.00130. The van der Waals surface area contributed by atoms with Gasteiger partial charge in [-0.05, 0) is 24.6 Å². The molecule has 0 saturated carbocycles. The number of hydrogen-bond donors (Lipinski definition) is 1. The van der Waals surface area contributed by atoms with Gasteiger partial charge < -0.3 is 14.8 Å². The summed E-state index contributed by atoms with van der Waals surface area (Å²) in [5.41, 5.74) is 1.03. The normalized spacial score (nSPS) is 14.9. The third-order valence-corrected chi connectivity index (χ3v) is 4.01. The van der Waals surface area contributed by atoms with Crippen molar-refractivity contribution in [2.75, 3.05) is 11.4 Å². The number of rotatable bonds is 4. The summed E-state index contributed by atoms with van der Waals surface area (Å²) >= 11 is 5.84. The molecule has 1 aromatic heterocycles. The van der Waals surface area contributed by atoms with Crippen LogP contribution < -0.4 is 10.2 Å². The summed E-state index contributed by atoms with van der Waals surface area (Å²) in [6.45, 7) is 4.10. The fraction of sp³-hybridized carbons (Fsp3) is 0.333. The van der Waals surface area contributed by atoms with Gasteiger partial charge in [-0.1, -0.05) is 23.7 Å². The lowest BCUT2D eigenvalue weighted by atomic mass is 10.2. The molecule has 21 heavy (non-hydrogen) atoms. The van der Waals surface area contributed by atoms with E-state index in [2.05, 4.69) is 14.9 Å². The monoisotopic (exact) mass is 304 g/mol. The Hall–Kier alpha value is -2.01. The van der Waals surface area contributed by atoms with Crippen LogP contribution in [0.5, 0.6) is 0 Å². The third-order valence-electron chi connectivity index (χ3n) is 3.76. The van der Waals surface area contributed by atoms with Gasteiger partial charge in [-0.25, -0.2) is 4.98 Å². The Bertz CT molecular complexity index is 637. The van der Waals surface area contributed by atoms with Crippen molar-refractivity contribution >= 4 is 23.5 Å². The number of fused-ring (bicyclic) bond motifs is 1. The van der Waals surface area contributed by atoms with Crippen LogP contribution in [0.4, 0.5) is 5.95 Å². The van der Waals surface area contributed by atoms with Crippen molar-refractivity contribution in [2.45, 2.75) is 26.1 Å². The highest BCUT2D eigenvalue weighted by atomic mass is 35.5. The highest BCUT2D eigenvalue weighted by Crippen LogP contribution is 2.21. The maximum absolute atomic E-state index is 12.3. The smallest absolute Gasteiger partial charge is 0.242 e. The zero-order valence-electron chi connectivity index (χ0n) is 11.8. The van der Waals surface area contributed by atoms with Gasteiger partial charge in [0.05, 0.1) is 0 Å². The summed E-state index contributed by atoms with van der Waals surface area (Å²) in [5, 5.41) is 3.65. The van der Waals surface area contributed by atoms with Crippen molar-refractivity contribution in [3.63, 3.8) is 0 Å². The van der Waals surface area contributed by atoms with Crippen LogP contribution in [-0.4, -0.2) is 28.0 Å². The van der Waals surface area contributed by atoms with Gasteiger partial charge in [0.25, 0.3) is 0 Å². The quantitative estimate of drug-likeness (QED) is 0.940. The molecule has 0 radical (unpaired) electrons. The van der Waals surface area contributed by atoms with Crippen molar-refractivity contribution in [3.8, 4) is 0 Å². The Morgan fingerprint density at radius 1 is 1.38 bits per heavy atom. The van der Waals surface area contributed by atoms with Gasteiger partial charge in [-0.15, -0.1) is 0 Å². The molecule has 0 saturated heterocycles. The molecule has 0 aliphatic carbocycles. The molecule has 2 heterocycles. The Morgan fingerprint density at radius 3 is 2.90 bits per heavy atom. The van der Waals surface area contributed by atoms with E-state index in [-0.39, 0.29) is 11.9 Å². The molecule has 5 nitrogen and oxygen atoms in total. The third kappa shape index (κ3) is 2.88. The molecule has 1 amide bonds. The first-order valence-electron chi connectivity index (χ1n) is 6.95. The number of nitrogens with one attached hydrogen (secondary N) is 1. The van der Waals surface area contributed by atoms with Gasteiger partial charge in [-0.3, -0.25) is 4.79 Å². The summed E-state index contributed by atoms with van der Waals surface area (Å²) in [6, 6.07) is 7.24. The molecular weight excluding hydrogens is 288 g/mol. The number of carbonyl (C=O) groups excluding carboxylic acids is 1. The van der Waals surface area contributed by atoms with Crippen molar-refractivity contribution in [3.05, 3.63) is 47.2 Å². The highest BCUT2D eigenvalue weighted by Gasteiger charge is 2.28. The Kier molecular flexibility index (Phi) is 3.84. The minimum atomic E-state index is -0.235. The molecule has 0 spiro atoms. The van der Waals surface area contributed by atoms with Crippen LogP contribution in [0.2, 0.25) is 5.02 Å². The number of imidazole rings is 1. The average molecular weight is 305 g/mol. The van der Waals surface area contributed by atoms with Crippen LogP contribution in [0.15, 0.2) is 36.7 Å². The number of amides is 1. The molecule has 0 fully saturated rings. The van der Waals surface area contributed by atoms with Gasteiger partial charge in [0, 0.05) is 37.1 Å². The molecule has 1 aliphatic heterocycles. The molecule has 1 atom stereocenters. The Balaban J connectivity index is 1.59. The molecule has 3 rings (SSSR count). The predicted molar refractivity (Wildman–Crippen MR) is 82.3 cm³/mol. The van der Waals surface area contributed by atoms with E-state index in [1.54, 1.807) is 6.20 Å². The summed E-state index contributed by atoms with van der Waals surface area (Å²) in [4.78, 5) is 18.6. The first-order chi connectivity index (χ1) is 10.1. The Morgan fingerprint density at radius 2 is 2.14 bits per heavy atom. The number of halogens is 1. The lowest BCUT2D eigenvalue weighted by Crippen LogP contribution is -2.44. The fourth-order valence-electron chi connectivity index (χ4n) is 2.50. The van der Waals surface area contributed by atoms with Crippen molar-refractivity contribution in [2.24, 2.45) is 0 Å². The average Bonchev–Trinajstić information content (AvgIpc) is 3.08. The van der Waals surface area contributed by atoms with E-state index >= 15 is 0 Å². The molecule has 110 valence electrons. The topological polar surface area (TPSA) is 50.2 Å². The van der Waals surface area contributed by atoms with Crippen LogP contribution >= 0.6 is 11.6 Å². The molecular formula is C15H17ClN4O. The van der Waals surface area contributed by atoms with Crippen LogP contribution in [0.3, 0.4) is 0 Å². The van der Waals surface area contributed by atoms with Crippen molar-refractivity contribution in [1.82, 2.24) is 14.9 Å². The first-order valence-corrected chi connectivity index (χ1v) is 7.33. The fourth-order valence-corrected chi connectivity index (χ4v) is 2.62. The predicted octanol–water partition coefficient (Wildman–Crippen LogP) is 2.06. The van der Waals surface area contributed by atoms with Gasteiger partial charge in [0.15, 0.2) is 0 Å². The maximum atomic E-state index is 12.3. The van der Waals surface area contributed by atoms with Crippen LogP contribution in [0.1, 0.15) is 12.5 Å². The summed E-state index contributed by atoms with van der Waals surface area (Å²) in [7, 11) is 0. The van der Waals surface area contributed by atoms with E-state index in [1.165, 1.54) is 0 Å². The van der Waals surface area contributed by atoms with Gasteiger partial charge in [0.2, 0.25) is 11.9 Å². The largest absolute Gasteiger partial charge is 0.350 e. The maximum Gasteiger partial charge on any atom is 0.242 e. The van der Waals surface area contributed by atoms with Crippen molar-refractivity contribution < 1.29 is 4.79 Å². The zero-order chi connectivity index (χ0) is 14.8. The van der Waals surface area contributed by atoms with Crippen molar-refractivity contribution in [1.29, 1.82) is 0 Å². The molecule has 6 heteroatoms. The number of aromatic nitrogens is 2. The SMILES string of the molecule is CC(C(=O)NCc1ccc(Cl)cc1)N1CCn2ccnc21. The number of nitrogens with zero attached hydrogens (tertiary/aromatic N) is 3. The first kappa shape index (κ1) is 13.9. The van der Waals surface area contributed by atoms with E-state index in [4.69, 9.17) is 11.6 Å². The van der Waals surface area contributed by atoms with Gasteiger partial charge >= 0.3 is 0 Å². The lowest BCUT2D eigenvalue weighted by molar-refractivity contribution is -0.122. The molecule has 1 N–H and O–H groups in total. The second-order valence-electron chi connectivity index (χ2n) is 5.13. The minimum Gasteiger partial charge on any atom is -0.350 e. The highest BCUT2D eigenvalue weighted by molar-refractivity contribution is 6.30. The molecule has 1 aliphatic rings. The van der Waals surface area contributed by atoms with Gasteiger partial charge in [0.1, 0.15) is 6.04 Å². The summed E-state index contributed by atoms with van der Waals surface area (Å²) < 4.78 is 2.06. The van der Waals surface area contributed by atoms with E-state index in [0.717, 1.165) is 24.6 Å². The van der Waals surface area contributed by atoms with E-state index in [1.807, 2.05) is 42.3 Å². The summed E-state index contributed by atoms with van der Waals surface area (Å²) in [6.07, 6.45) is 3.70. The number of hydrogen-bond acceptors (Lipinski definition) is 3. The molecule has 1 unspecified atom stereocenters. The van der Waals surface area contributed by atoms with E-state index < -0.39 is 0 Å². The lowest BCUT2D eigenvalue weighted by Gasteiger charge is -2.23. The standard InChI is InChI=1S/C15H17ClN4O/c1-11(20-9-8-19-7-6-17-15(19)20)14(21)18-10-12-2-4-13(16)5-3-12/h2-7,11H,8-10H2,1H3,(H,18,21). The van der Waals surface area contributed by atoms with Crippen LogP contribution in [0.25, 0.3) is 0 Å². The number of anilines is 1. The number of benzene rings is 1. The second kappa shape index (κ2) is 5.77. The zero-order valence-corrected chi connectivity index (χ0v) is 12.5. The van der Waals surface area contributed by atoms with Crippen LogP contribution in [0, 0.1) is 0 Å². The Labute approximate surface area is 128 Å². The second-order valence-corrected chi connectivity index (χ2v) is 5.57. The molecule has 0 bridgehead atoms.